The van der Waals surface area contributed by atoms with Gasteiger partial charge < -0.3 is 10.6 Å². The smallest absolute Gasteiger partial charge is 0.251 e. The van der Waals surface area contributed by atoms with Gasteiger partial charge in [-0.2, -0.15) is 0 Å². The van der Waals surface area contributed by atoms with Crippen molar-refractivity contribution in [3.8, 4) is 0 Å². The molecule has 9 aliphatic carbocycles. The van der Waals surface area contributed by atoms with Crippen LogP contribution in [0.2, 0.25) is 0 Å². The average Bonchev–Trinajstić information content (AvgIpc) is 2.71. The van der Waals surface area contributed by atoms with E-state index in [-0.39, 0.29) is 28.8 Å². The molecule has 8 fully saturated rings. The number of hydrogen-bond acceptors (Lipinski definition) is 2. The van der Waals surface area contributed by atoms with Crippen LogP contribution < -0.4 is 10.6 Å². The highest BCUT2D eigenvalue weighted by Gasteiger charge is 2.53. The molecule has 0 spiro atoms. The second kappa shape index (κ2) is 6.96. The van der Waals surface area contributed by atoms with Crippen molar-refractivity contribution in [2.75, 3.05) is 0 Å². The minimum atomic E-state index is -0.126. The average molecular weight is 435 g/mol. The molecule has 0 saturated heterocycles. The quantitative estimate of drug-likeness (QED) is 0.676. The normalized spacial score (nSPS) is 49.8. The molecule has 1 atom stereocenters. The van der Waals surface area contributed by atoms with E-state index in [9.17, 15) is 9.59 Å². The highest BCUT2D eigenvalue weighted by molar-refractivity contribution is 5.97. The first-order chi connectivity index (χ1) is 15.4. The molecule has 9 rings (SSSR count). The molecule has 0 radical (unpaired) electrons. The van der Waals surface area contributed by atoms with Crippen molar-refractivity contribution in [1.82, 2.24) is 10.6 Å². The lowest BCUT2D eigenvalue weighted by molar-refractivity contribution is -0.129. The van der Waals surface area contributed by atoms with E-state index in [2.05, 4.69) is 10.6 Å². The highest BCUT2D eigenvalue weighted by atomic mass is 16.2. The Hall–Kier alpha value is -1.58. The third kappa shape index (κ3) is 3.30. The number of nitrogens with one attached hydrogen (secondary N) is 2. The lowest BCUT2D eigenvalue weighted by Gasteiger charge is -2.57. The van der Waals surface area contributed by atoms with E-state index in [1.54, 1.807) is 0 Å². The predicted octanol–water partition coefficient (Wildman–Crippen LogP) is 4.66. The molecule has 9 aliphatic rings. The summed E-state index contributed by atoms with van der Waals surface area (Å²) in [5.74, 6) is 5.14. The summed E-state index contributed by atoms with van der Waals surface area (Å²) in [5, 5.41) is 7.00. The Kier molecular flexibility index (Phi) is 4.32. The summed E-state index contributed by atoms with van der Waals surface area (Å²) in [6.07, 6.45) is 22.0. The van der Waals surface area contributed by atoms with Crippen LogP contribution in [0.5, 0.6) is 0 Å². The standard InChI is InChI=1S/C28H38N2O2/c31-25(29-27-11-17-5-18(12-27)7-19(6-17)13-27)23-1-2-24(4-3-23)26(32)30-28-14-20-8-21(15-28)10-22(9-20)16-28/h1-3,17-22,24H,4-16H2,(H,29,31)(H,30,32). The van der Waals surface area contributed by atoms with E-state index in [1.807, 2.05) is 18.2 Å². The second-order valence-electron chi connectivity index (χ2n) is 13.2. The number of carbonyl (C=O) groups excluding carboxylic acids is 2. The Morgan fingerprint density at radius 3 is 1.53 bits per heavy atom. The van der Waals surface area contributed by atoms with Gasteiger partial charge in [0.15, 0.2) is 0 Å². The lowest BCUT2D eigenvalue weighted by atomic mass is 9.53. The molecule has 1 unspecified atom stereocenters. The Morgan fingerprint density at radius 1 is 0.688 bits per heavy atom. The van der Waals surface area contributed by atoms with Crippen molar-refractivity contribution in [1.29, 1.82) is 0 Å². The molecule has 0 aliphatic heterocycles. The zero-order valence-electron chi connectivity index (χ0n) is 19.3. The summed E-state index contributed by atoms with van der Waals surface area (Å²) in [5.41, 5.74) is 0.881. The first kappa shape index (κ1) is 19.9. The van der Waals surface area contributed by atoms with Gasteiger partial charge in [0, 0.05) is 16.7 Å². The van der Waals surface area contributed by atoms with Gasteiger partial charge in [0.05, 0.1) is 5.92 Å². The van der Waals surface area contributed by atoms with Crippen molar-refractivity contribution in [3.63, 3.8) is 0 Å². The van der Waals surface area contributed by atoms with Gasteiger partial charge in [0.25, 0.3) is 5.91 Å². The van der Waals surface area contributed by atoms with E-state index in [1.165, 1.54) is 77.0 Å². The van der Waals surface area contributed by atoms with Crippen LogP contribution in [-0.2, 0) is 9.59 Å². The van der Waals surface area contributed by atoms with E-state index in [4.69, 9.17) is 0 Å². The van der Waals surface area contributed by atoms with Gasteiger partial charge in [-0.25, -0.2) is 0 Å². The molecule has 2 amide bonds. The summed E-state index contributed by atoms with van der Waals surface area (Å²) in [6.45, 7) is 0. The molecule has 2 N–H and O–H groups in total. The summed E-state index contributed by atoms with van der Waals surface area (Å²) in [4.78, 5) is 26.3. The van der Waals surface area contributed by atoms with Gasteiger partial charge in [0.2, 0.25) is 5.91 Å². The molecular formula is C28H38N2O2. The van der Waals surface area contributed by atoms with Gasteiger partial charge >= 0.3 is 0 Å². The number of hydrogen-bond donors (Lipinski definition) is 2. The molecule has 0 aromatic carbocycles. The van der Waals surface area contributed by atoms with Crippen LogP contribution in [0.1, 0.15) is 83.5 Å². The largest absolute Gasteiger partial charge is 0.350 e. The fourth-order valence-electron chi connectivity index (χ4n) is 10.2. The third-order valence-electron chi connectivity index (χ3n) is 10.5. The van der Waals surface area contributed by atoms with Crippen molar-refractivity contribution in [2.45, 2.75) is 94.5 Å². The molecule has 0 heterocycles. The monoisotopic (exact) mass is 434 g/mol. The Bertz CT molecular complexity index is 829. The molecule has 8 saturated carbocycles. The maximum Gasteiger partial charge on any atom is 0.251 e. The van der Waals surface area contributed by atoms with Crippen LogP contribution in [0.25, 0.3) is 0 Å². The highest BCUT2D eigenvalue weighted by Crippen LogP contribution is 2.56. The van der Waals surface area contributed by atoms with Crippen molar-refractivity contribution in [2.24, 2.45) is 41.4 Å². The van der Waals surface area contributed by atoms with Crippen LogP contribution in [0.3, 0.4) is 0 Å². The summed E-state index contributed by atoms with van der Waals surface area (Å²) >= 11 is 0. The fourth-order valence-corrected chi connectivity index (χ4v) is 10.2. The third-order valence-corrected chi connectivity index (χ3v) is 10.5. The van der Waals surface area contributed by atoms with Crippen LogP contribution in [-0.4, -0.2) is 22.9 Å². The summed E-state index contributed by atoms with van der Waals surface area (Å²) in [7, 11) is 0. The zero-order chi connectivity index (χ0) is 21.5. The Balaban J connectivity index is 0.980. The first-order valence-electron chi connectivity index (χ1n) is 13.5. The first-order valence-corrected chi connectivity index (χ1v) is 13.5. The molecular weight excluding hydrogens is 396 g/mol. The van der Waals surface area contributed by atoms with Crippen LogP contribution in [0.4, 0.5) is 0 Å². The zero-order valence-corrected chi connectivity index (χ0v) is 19.3. The maximum atomic E-state index is 13.2. The molecule has 32 heavy (non-hydrogen) atoms. The van der Waals surface area contributed by atoms with Crippen molar-refractivity contribution >= 4 is 11.8 Å². The predicted molar refractivity (Wildman–Crippen MR) is 123 cm³/mol. The summed E-state index contributed by atoms with van der Waals surface area (Å²) < 4.78 is 0. The number of rotatable bonds is 4. The topological polar surface area (TPSA) is 58.2 Å². The van der Waals surface area contributed by atoms with Gasteiger partial charge in [-0.3, -0.25) is 9.59 Å². The number of carbonyl (C=O) groups is 2. The van der Waals surface area contributed by atoms with E-state index in [0.29, 0.717) is 6.42 Å². The Labute approximate surface area is 192 Å². The molecule has 4 heteroatoms. The van der Waals surface area contributed by atoms with Crippen LogP contribution in [0.15, 0.2) is 23.8 Å². The number of amides is 2. The molecule has 8 bridgehead atoms. The minimum Gasteiger partial charge on any atom is -0.350 e. The minimum absolute atomic E-state index is 0.0489. The molecule has 0 aromatic heterocycles. The second-order valence-corrected chi connectivity index (χ2v) is 13.2. The molecule has 4 nitrogen and oxygen atoms in total. The van der Waals surface area contributed by atoms with Crippen molar-refractivity contribution < 1.29 is 9.59 Å². The van der Waals surface area contributed by atoms with Gasteiger partial charge in [-0.05, 0) is 119 Å². The number of allylic oxidation sites excluding steroid dienone is 1. The van der Waals surface area contributed by atoms with E-state index < -0.39 is 0 Å². The van der Waals surface area contributed by atoms with E-state index in [0.717, 1.165) is 41.1 Å². The Morgan fingerprint density at radius 2 is 1.12 bits per heavy atom. The molecule has 172 valence electrons. The van der Waals surface area contributed by atoms with Gasteiger partial charge in [-0.15, -0.1) is 0 Å². The van der Waals surface area contributed by atoms with Crippen LogP contribution >= 0.6 is 0 Å². The SMILES string of the molecule is O=C(NC12CC3CC(CC(C3)C1)C2)C1=CCC(C(=O)NC23CC4CC(CC(C4)C2)C3)C=C1. The van der Waals surface area contributed by atoms with Gasteiger partial charge in [0.1, 0.15) is 0 Å². The van der Waals surface area contributed by atoms with Crippen LogP contribution in [0, 0.1) is 41.4 Å². The van der Waals surface area contributed by atoms with Gasteiger partial charge in [-0.1, -0.05) is 18.2 Å². The van der Waals surface area contributed by atoms with E-state index >= 15 is 0 Å². The fraction of sp³-hybridized carbons (Fsp3) is 0.786. The molecule has 0 aromatic rings. The summed E-state index contributed by atoms with van der Waals surface area (Å²) in [6, 6.07) is 0. The van der Waals surface area contributed by atoms with Crippen molar-refractivity contribution in [3.05, 3.63) is 23.8 Å². The maximum absolute atomic E-state index is 13.2. The lowest BCUT2D eigenvalue weighted by Crippen LogP contribution is -2.60.